The first kappa shape index (κ1) is 8.97. The van der Waals surface area contributed by atoms with Gasteiger partial charge in [-0.25, -0.2) is 0 Å². The average Bonchev–Trinajstić information content (AvgIpc) is 2.49. The summed E-state index contributed by atoms with van der Waals surface area (Å²) in [6.07, 6.45) is 4.50. The molecule has 0 aromatic rings. The number of hydrogen-bond donors (Lipinski definition) is 2. The van der Waals surface area contributed by atoms with E-state index in [0.29, 0.717) is 6.54 Å². The largest absolute Gasteiger partial charge is 0.378 e. The van der Waals surface area contributed by atoms with E-state index in [4.69, 9.17) is 4.74 Å². The summed E-state index contributed by atoms with van der Waals surface area (Å²) in [5.74, 6) is 0.0870. The lowest BCUT2D eigenvalue weighted by Crippen LogP contribution is -2.60. The highest BCUT2D eigenvalue weighted by Gasteiger charge is 2.45. The smallest absolute Gasteiger partial charge is 0.235 e. The normalized spacial score (nSPS) is 39.5. The molecule has 1 heterocycles. The number of nitrogens with one attached hydrogen (secondary N) is 2. The molecule has 2 unspecified atom stereocenters. The van der Waals surface area contributed by atoms with Gasteiger partial charge in [-0.1, -0.05) is 6.42 Å². The molecule has 13 heavy (non-hydrogen) atoms. The van der Waals surface area contributed by atoms with E-state index in [-0.39, 0.29) is 17.7 Å². The van der Waals surface area contributed by atoms with Gasteiger partial charge in [0.25, 0.3) is 0 Å². The second kappa shape index (κ2) is 3.27. The number of carbonyl (C=O) groups excluding carboxylic acids is 1. The van der Waals surface area contributed by atoms with Crippen LogP contribution in [-0.2, 0) is 9.53 Å². The molecule has 1 spiro atoms. The van der Waals surface area contributed by atoms with Crippen molar-refractivity contribution in [2.75, 3.05) is 13.7 Å². The topological polar surface area (TPSA) is 50.4 Å². The highest BCUT2D eigenvalue weighted by Crippen LogP contribution is 2.30. The molecule has 1 aliphatic carbocycles. The van der Waals surface area contributed by atoms with Crippen molar-refractivity contribution in [3.63, 3.8) is 0 Å². The lowest BCUT2D eigenvalue weighted by molar-refractivity contribution is -0.120. The van der Waals surface area contributed by atoms with Crippen molar-refractivity contribution in [3.8, 4) is 0 Å². The van der Waals surface area contributed by atoms with E-state index in [9.17, 15) is 4.79 Å². The van der Waals surface area contributed by atoms with Gasteiger partial charge in [0, 0.05) is 7.11 Å². The summed E-state index contributed by atoms with van der Waals surface area (Å²) in [5, 5.41) is 6.23. The van der Waals surface area contributed by atoms with Crippen molar-refractivity contribution in [3.05, 3.63) is 0 Å². The van der Waals surface area contributed by atoms with Crippen molar-refractivity contribution >= 4 is 5.91 Å². The van der Waals surface area contributed by atoms with Gasteiger partial charge in [-0.3, -0.25) is 10.1 Å². The lowest BCUT2D eigenvalue weighted by atomic mass is 9.87. The minimum Gasteiger partial charge on any atom is -0.378 e. The first-order chi connectivity index (χ1) is 6.27. The highest BCUT2D eigenvalue weighted by atomic mass is 16.5. The number of ether oxygens (including phenoxy) is 1. The van der Waals surface area contributed by atoms with Crippen LogP contribution in [0.2, 0.25) is 0 Å². The van der Waals surface area contributed by atoms with Crippen LogP contribution < -0.4 is 10.6 Å². The molecular weight excluding hydrogens is 168 g/mol. The van der Waals surface area contributed by atoms with E-state index in [2.05, 4.69) is 10.6 Å². The molecule has 2 rings (SSSR count). The maximum Gasteiger partial charge on any atom is 0.235 e. The standard InChI is InChI=1S/C9H16N2O2/c1-13-7-4-2-3-5-9(7)10-6-8(12)11-9/h7,10H,2-6H2,1H3,(H,11,12). The third-order valence-electron chi connectivity index (χ3n) is 3.05. The highest BCUT2D eigenvalue weighted by molar-refractivity contribution is 5.81. The van der Waals surface area contributed by atoms with Crippen LogP contribution >= 0.6 is 0 Å². The zero-order chi connectivity index (χ0) is 9.31. The van der Waals surface area contributed by atoms with Crippen LogP contribution in [0.4, 0.5) is 0 Å². The molecule has 1 aliphatic heterocycles. The monoisotopic (exact) mass is 184 g/mol. The van der Waals surface area contributed by atoms with Crippen LogP contribution in [0.25, 0.3) is 0 Å². The second-order valence-corrected chi connectivity index (χ2v) is 3.84. The van der Waals surface area contributed by atoms with Crippen molar-refractivity contribution in [2.45, 2.75) is 37.5 Å². The molecule has 0 aromatic carbocycles. The van der Waals surface area contributed by atoms with Gasteiger partial charge in [-0.05, 0) is 19.3 Å². The molecule has 2 N–H and O–H groups in total. The summed E-state index contributed by atoms with van der Waals surface area (Å²) >= 11 is 0. The van der Waals surface area contributed by atoms with Gasteiger partial charge in [0.15, 0.2) is 0 Å². The molecule has 0 bridgehead atoms. The predicted molar refractivity (Wildman–Crippen MR) is 48.1 cm³/mol. The number of rotatable bonds is 1. The zero-order valence-corrected chi connectivity index (χ0v) is 7.93. The second-order valence-electron chi connectivity index (χ2n) is 3.84. The van der Waals surface area contributed by atoms with Gasteiger partial charge in [0.05, 0.1) is 12.6 Å². The molecule has 4 nitrogen and oxygen atoms in total. The van der Waals surface area contributed by atoms with Crippen molar-refractivity contribution < 1.29 is 9.53 Å². The minimum atomic E-state index is -0.260. The van der Waals surface area contributed by atoms with E-state index in [0.717, 1.165) is 19.3 Å². The Morgan fingerprint density at radius 1 is 1.54 bits per heavy atom. The number of hydrogen-bond acceptors (Lipinski definition) is 3. The summed E-state index contributed by atoms with van der Waals surface area (Å²) in [4.78, 5) is 11.1. The molecule has 1 saturated carbocycles. The Kier molecular flexibility index (Phi) is 2.26. The summed E-state index contributed by atoms with van der Waals surface area (Å²) in [5.41, 5.74) is -0.260. The number of carbonyl (C=O) groups is 1. The van der Waals surface area contributed by atoms with Gasteiger partial charge < -0.3 is 10.1 Å². The lowest BCUT2D eigenvalue weighted by Gasteiger charge is -2.40. The minimum absolute atomic E-state index is 0.0870. The fourth-order valence-corrected chi connectivity index (χ4v) is 2.38. The molecule has 0 aromatic heterocycles. The van der Waals surface area contributed by atoms with E-state index >= 15 is 0 Å². The molecule has 2 aliphatic rings. The fourth-order valence-electron chi connectivity index (χ4n) is 2.38. The van der Waals surface area contributed by atoms with Crippen LogP contribution in [0.3, 0.4) is 0 Å². The Labute approximate surface area is 78.0 Å². The van der Waals surface area contributed by atoms with Crippen molar-refractivity contribution in [1.29, 1.82) is 0 Å². The summed E-state index contributed by atoms with van der Waals surface area (Å²) in [6, 6.07) is 0. The average molecular weight is 184 g/mol. The Morgan fingerprint density at radius 2 is 2.38 bits per heavy atom. The van der Waals surface area contributed by atoms with E-state index in [1.54, 1.807) is 7.11 Å². The molecule has 0 radical (unpaired) electrons. The van der Waals surface area contributed by atoms with Crippen LogP contribution in [0.1, 0.15) is 25.7 Å². The van der Waals surface area contributed by atoms with Gasteiger partial charge >= 0.3 is 0 Å². The van der Waals surface area contributed by atoms with Crippen molar-refractivity contribution in [1.82, 2.24) is 10.6 Å². The van der Waals surface area contributed by atoms with E-state index in [1.807, 2.05) is 0 Å². The van der Waals surface area contributed by atoms with Crippen LogP contribution in [-0.4, -0.2) is 31.3 Å². The first-order valence-electron chi connectivity index (χ1n) is 4.86. The Bertz CT molecular complexity index is 220. The summed E-state index contributed by atoms with van der Waals surface area (Å²) < 4.78 is 5.40. The van der Waals surface area contributed by atoms with E-state index < -0.39 is 0 Å². The van der Waals surface area contributed by atoms with Crippen molar-refractivity contribution in [2.24, 2.45) is 0 Å². The number of methoxy groups -OCH3 is 1. The third-order valence-corrected chi connectivity index (χ3v) is 3.05. The quantitative estimate of drug-likeness (QED) is 0.602. The van der Waals surface area contributed by atoms with Crippen LogP contribution in [0.15, 0.2) is 0 Å². The molecule has 2 atom stereocenters. The van der Waals surface area contributed by atoms with Gasteiger partial charge in [0.1, 0.15) is 5.66 Å². The van der Waals surface area contributed by atoms with E-state index in [1.165, 1.54) is 6.42 Å². The maximum atomic E-state index is 11.1. The summed E-state index contributed by atoms with van der Waals surface area (Å²) in [6.45, 7) is 0.430. The predicted octanol–water partition coefficient (Wildman–Crippen LogP) is -0.00890. The Morgan fingerprint density at radius 3 is 3.00 bits per heavy atom. The molecule has 74 valence electrons. The molecule has 1 amide bonds. The maximum absolute atomic E-state index is 11.1. The molecule has 4 heteroatoms. The molecule has 1 saturated heterocycles. The number of amides is 1. The van der Waals surface area contributed by atoms with Crippen LogP contribution in [0.5, 0.6) is 0 Å². The zero-order valence-electron chi connectivity index (χ0n) is 7.93. The SMILES string of the molecule is COC1CCCCC12NCC(=O)N2. The van der Waals surface area contributed by atoms with Gasteiger partial charge in [-0.15, -0.1) is 0 Å². The third kappa shape index (κ3) is 1.44. The Hall–Kier alpha value is -0.610. The van der Waals surface area contributed by atoms with Crippen LogP contribution in [0, 0.1) is 0 Å². The Balaban J connectivity index is 2.13. The summed E-state index contributed by atoms with van der Waals surface area (Å²) in [7, 11) is 1.71. The van der Waals surface area contributed by atoms with Gasteiger partial charge in [-0.2, -0.15) is 0 Å². The molecular formula is C9H16N2O2. The van der Waals surface area contributed by atoms with Gasteiger partial charge in [0.2, 0.25) is 5.91 Å². The fraction of sp³-hybridized carbons (Fsp3) is 0.889. The first-order valence-corrected chi connectivity index (χ1v) is 4.86. The molecule has 2 fully saturated rings.